The third-order valence-corrected chi connectivity index (χ3v) is 64.7. The number of carbonyl (C=O) groups excluding carboxylic acids is 2. The highest BCUT2D eigenvalue weighted by atomic mass is 28.5. The van der Waals surface area contributed by atoms with Crippen LogP contribution in [-0.2, 0) is 46.6 Å². The fourth-order valence-corrected chi connectivity index (χ4v) is 86.4. The molecule has 0 atom stereocenters. The second-order valence-electron chi connectivity index (χ2n) is 22.9. The Morgan fingerprint density at radius 3 is 0.862 bits per heavy atom. The maximum atomic E-state index is 14.9. The first-order valence-electron chi connectivity index (χ1n) is 21.0. The van der Waals surface area contributed by atoms with Crippen molar-refractivity contribution in [1.29, 1.82) is 0 Å². The van der Waals surface area contributed by atoms with Crippen molar-refractivity contribution in [2.45, 2.75) is 194 Å². The molecule has 0 saturated carbocycles. The predicted molar refractivity (Wildman–Crippen MR) is 278 cm³/mol. The van der Waals surface area contributed by atoms with Gasteiger partial charge in [-0.1, -0.05) is 6.58 Å². The molecule has 0 heterocycles. The molecule has 0 fully saturated rings. The number of hydrogen-bond donors (Lipinski definition) is 0. The summed E-state index contributed by atoms with van der Waals surface area (Å²) in [6, 6.07) is 0.567. The molecule has 0 aliphatic carbocycles. The highest BCUT2D eigenvalue weighted by Gasteiger charge is 2.73. The number of hydrogen-bond acceptors (Lipinski definition) is 11. The Morgan fingerprint density at radius 2 is 0.655 bits per heavy atom. The molecule has 58 heavy (non-hydrogen) atoms. The van der Waals surface area contributed by atoms with Crippen molar-refractivity contribution >= 4 is 122 Å². The van der Waals surface area contributed by atoms with Gasteiger partial charge in [-0.15, -0.1) is 0 Å². The van der Waals surface area contributed by atoms with Gasteiger partial charge in [-0.3, -0.25) is 0 Å². The third kappa shape index (κ3) is 19.3. The van der Waals surface area contributed by atoms with Gasteiger partial charge in [0.05, 0.1) is 4.28 Å². The zero-order chi connectivity index (χ0) is 46.8. The van der Waals surface area contributed by atoms with Gasteiger partial charge in [0.15, 0.2) is 49.9 Å². The zero-order valence-corrected chi connectivity index (χ0v) is 55.8. The van der Waals surface area contributed by atoms with Crippen LogP contribution in [0.3, 0.4) is 0 Å². The average Bonchev–Trinajstić information content (AvgIpc) is 2.78. The van der Waals surface area contributed by atoms with E-state index in [2.05, 4.69) is 177 Å². The van der Waals surface area contributed by atoms with E-state index in [-0.39, 0.29) is 5.41 Å². The van der Waals surface area contributed by atoms with Crippen molar-refractivity contribution in [1.82, 2.24) is 0 Å². The molecule has 0 bridgehead atoms. The van der Waals surface area contributed by atoms with Crippen molar-refractivity contribution in [3.8, 4) is 0 Å². The van der Waals surface area contributed by atoms with Gasteiger partial charge in [0.2, 0.25) is 0 Å². The van der Waals surface area contributed by atoms with E-state index >= 15 is 0 Å². The van der Waals surface area contributed by atoms with E-state index in [1.54, 1.807) is 0 Å². The van der Waals surface area contributed by atoms with Gasteiger partial charge in [0.25, 0.3) is 0 Å². The quantitative estimate of drug-likeness (QED) is 0.0339. The summed E-state index contributed by atoms with van der Waals surface area (Å²) in [5, 5.41) is 0.0471. The molecule has 11 nitrogen and oxygen atoms in total. The van der Waals surface area contributed by atoms with Crippen LogP contribution >= 0.6 is 0 Å². The topological polar surface area (TPSA) is 117 Å². The van der Waals surface area contributed by atoms with E-state index in [1.807, 2.05) is 0 Å². The molecule has 344 valence electrons. The van der Waals surface area contributed by atoms with Crippen molar-refractivity contribution < 1.29 is 46.6 Å². The molecule has 0 unspecified atom stereocenters. The molecule has 0 spiro atoms. The van der Waals surface area contributed by atoms with Gasteiger partial charge in [-0.2, -0.15) is 0 Å². The fraction of sp³-hybridized carbons (Fsp3) is 0.882. The number of allylic oxidation sites excluding steroid dienone is 1. The normalized spacial score (nSPS) is 15.7. The molecule has 0 saturated heterocycles. The monoisotopic (exact) mass is 1040 g/mol. The molecule has 0 radical (unpaired) electrons. The molecule has 0 aromatic rings. The number of carbonyl (C=O) groups is 2. The molecule has 0 aromatic heterocycles. The summed E-state index contributed by atoms with van der Waals surface area (Å²) in [6.07, 6.45) is 1.25. The van der Waals surface area contributed by atoms with E-state index in [4.69, 9.17) is 43.6 Å². The largest absolute Gasteiger partial charge is 0.437 e. The van der Waals surface area contributed by atoms with Gasteiger partial charge < -0.3 is 46.6 Å². The molecular formula is C34H90O11Si13. The maximum Gasteiger partial charge on any atom is 0.312 e. The minimum Gasteiger partial charge on any atom is -0.437 e. The minimum absolute atomic E-state index is 0.0471. The molecule has 0 N–H and O–H groups in total. The number of aldehydes is 1. The Kier molecular flexibility index (Phi) is 20.5. The predicted octanol–water partition coefficient (Wildman–Crippen LogP) is 10.5. The minimum atomic E-state index is -3.29. The first-order chi connectivity index (χ1) is 25.0. The van der Waals surface area contributed by atoms with Gasteiger partial charge in [-0.25, -0.2) is 0 Å². The second kappa shape index (κ2) is 20.0. The standard InChI is InChI=1S/C34H90O11Si13/c1-32(33(36)46-31-29-30-35)34(50(11,12)40-56(23,24)43-53(17,18)37-47(2,3)4,51(13,14)41-57(25,26)44-54(19,20)38-48(5,6)7)52(15,16)42-58(27,28)45-55(21,22)39-49(8,9)10/h30H,1,29,31,46H2,2-28H3. The first kappa shape index (κ1) is 59.5. The summed E-state index contributed by atoms with van der Waals surface area (Å²) in [7, 11) is -34.0. The maximum absolute atomic E-state index is 14.9. The molecule has 0 amide bonds. The molecule has 24 heteroatoms. The Hall–Kier alpha value is 1.54. The zero-order valence-electron chi connectivity index (χ0n) is 42.4. The van der Waals surface area contributed by atoms with E-state index in [9.17, 15) is 9.59 Å². The highest BCUT2D eigenvalue weighted by molar-refractivity contribution is 7.16. The van der Waals surface area contributed by atoms with Gasteiger partial charge >= 0.3 is 51.4 Å². The van der Waals surface area contributed by atoms with Gasteiger partial charge in [0.1, 0.15) is 21.2 Å². The van der Waals surface area contributed by atoms with Crippen LogP contribution in [0, 0.1) is 0 Å². The molecule has 0 aromatic carbocycles. The lowest BCUT2D eigenvalue weighted by Gasteiger charge is -2.62. The van der Waals surface area contributed by atoms with E-state index in [0.717, 1.165) is 6.29 Å². The molecule has 0 aliphatic heterocycles. The van der Waals surface area contributed by atoms with E-state index in [0.29, 0.717) is 18.0 Å². The van der Waals surface area contributed by atoms with E-state index in [1.165, 1.54) is 0 Å². The lowest BCUT2D eigenvalue weighted by atomic mass is 10.4. The van der Waals surface area contributed by atoms with Gasteiger partial charge in [-0.05, 0) is 188 Å². The van der Waals surface area contributed by atoms with Crippen LogP contribution in [0.5, 0.6) is 0 Å². The smallest absolute Gasteiger partial charge is 0.312 e. The van der Waals surface area contributed by atoms with E-state index < -0.39 is 115 Å². The molecule has 0 aliphatic rings. The van der Waals surface area contributed by atoms with Gasteiger partial charge in [0, 0.05) is 6.42 Å². The summed E-state index contributed by atoms with van der Waals surface area (Å²) >= 11 is 0. The van der Waals surface area contributed by atoms with Crippen LogP contribution in [0.15, 0.2) is 12.2 Å². The Morgan fingerprint density at radius 1 is 0.431 bits per heavy atom. The number of rotatable bonds is 27. The second-order valence-corrected chi connectivity index (χ2v) is 74.4. The summed E-state index contributed by atoms with van der Waals surface area (Å²) in [5.41, 5.74) is 0.536. The van der Waals surface area contributed by atoms with Crippen molar-refractivity contribution in [3.63, 3.8) is 0 Å². The van der Waals surface area contributed by atoms with Crippen LogP contribution in [0.25, 0.3) is 0 Å². The highest BCUT2D eigenvalue weighted by Crippen LogP contribution is 2.61. The Balaban J connectivity index is 8.31. The van der Waals surface area contributed by atoms with Crippen molar-refractivity contribution in [3.05, 3.63) is 12.2 Å². The van der Waals surface area contributed by atoms with Crippen LogP contribution in [-0.4, -0.2) is 122 Å². The van der Waals surface area contributed by atoms with Crippen LogP contribution in [0.4, 0.5) is 0 Å². The summed E-state index contributed by atoms with van der Waals surface area (Å²) in [6.45, 7) is 63.1. The summed E-state index contributed by atoms with van der Waals surface area (Å²) in [4.78, 5) is 26.4. The van der Waals surface area contributed by atoms with Crippen molar-refractivity contribution in [2.24, 2.45) is 0 Å². The first-order valence-corrected chi connectivity index (χ1v) is 58.5. The SMILES string of the molecule is C=C(C(=O)[SiH2]CCC=O)C([Si](C)(C)O[Si](C)(C)O[Si](C)(C)O[Si](C)(C)C)([Si](C)(C)O[Si](C)(C)O[Si](C)(C)O[Si](C)(C)C)[Si](C)(C)O[Si](C)(C)O[Si](C)(C)O[Si](C)(C)C. The van der Waals surface area contributed by atoms with Crippen LogP contribution < -0.4 is 0 Å². The molecule has 0 rings (SSSR count). The Bertz CT molecular complexity index is 1280. The molecular weight excluding hydrogens is 949 g/mol. The fourth-order valence-electron chi connectivity index (χ4n) is 10.2. The lowest BCUT2D eigenvalue weighted by Crippen LogP contribution is -2.77. The average molecular weight is 1040 g/mol. The van der Waals surface area contributed by atoms with Crippen LogP contribution in [0.1, 0.15) is 6.42 Å². The van der Waals surface area contributed by atoms with Crippen LogP contribution in [0.2, 0.25) is 187 Å². The van der Waals surface area contributed by atoms with Crippen molar-refractivity contribution in [2.75, 3.05) is 0 Å². The summed E-state index contributed by atoms with van der Waals surface area (Å²) < 4.78 is 63.4. The summed E-state index contributed by atoms with van der Waals surface area (Å²) in [5.74, 6) is 0. The lowest BCUT2D eigenvalue weighted by molar-refractivity contribution is -0.109. The third-order valence-electron chi connectivity index (χ3n) is 8.86. The Labute approximate surface area is 372 Å².